The Morgan fingerprint density at radius 3 is 2.31 bits per heavy atom. The Labute approximate surface area is 187 Å². The van der Waals surface area contributed by atoms with Gasteiger partial charge in [-0.15, -0.1) is 0 Å². The number of alkyl halides is 3. The first-order valence-electron chi connectivity index (χ1n) is 8.38. The predicted molar refractivity (Wildman–Crippen MR) is 103 cm³/mol. The zero-order valence-electron chi connectivity index (χ0n) is 16.6. The maximum atomic E-state index is 13.2. The number of aliphatic hydroxyl groups excluding tert-OH is 1. The van der Waals surface area contributed by atoms with E-state index >= 15 is 0 Å². The van der Waals surface area contributed by atoms with Crippen molar-refractivity contribution >= 4 is 28.0 Å². The highest BCUT2D eigenvalue weighted by atomic mass is 79.9. The van der Waals surface area contributed by atoms with Gasteiger partial charge in [-0.25, -0.2) is 21.8 Å². The smallest absolute Gasteiger partial charge is 0.430 e. The van der Waals surface area contributed by atoms with Gasteiger partial charge in [-0.05, 0) is 25.3 Å². The molecule has 1 unspecified atom stereocenters. The first-order valence-corrected chi connectivity index (χ1v) is 9.18. The van der Waals surface area contributed by atoms with Crippen LogP contribution in [0.15, 0.2) is 22.2 Å². The molecule has 12 nitrogen and oxygen atoms in total. The van der Waals surface area contributed by atoms with Crippen LogP contribution in [0.3, 0.4) is 0 Å². The minimum absolute atomic E-state index is 0.132. The molecule has 0 saturated carbocycles. The van der Waals surface area contributed by atoms with E-state index in [2.05, 4.69) is 42.6 Å². The van der Waals surface area contributed by atoms with E-state index in [9.17, 15) is 33.3 Å². The van der Waals surface area contributed by atoms with Crippen molar-refractivity contribution in [2.75, 3.05) is 27.0 Å². The molecule has 1 aromatic rings. The van der Waals surface area contributed by atoms with Crippen LogP contribution in [0.4, 0.5) is 13.2 Å². The summed E-state index contributed by atoms with van der Waals surface area (Å²) < 4.78 is 49.1. The Kier molecular flexibility index (Phi) is 12.8. The number of benzene rings is 1. The Morgan fingerprint density at radius 1 is 1.31 bits per heavy atom. The number of carbonyl (C=O) groups excluding carboxylic acids is 1. The molecule has 0 fully saturated rings. The van der Waals surface area contributed by atoms with Crippen molar-refractivity contribution in [2.45, 2.75) is 18.3 Å². The molecule has 0 bridgehead atoms. The van der Waals surface area contributed by atoms with Gasteiger partial charge in [-0.1, -0.05) is 15.9 Å². The van der Waals surface area contributed by atoms with Gasteiger partial charge in [0, 0.05) is 16.6 Å². The van der Waals surface area contributed by atoms with E-state index in [-0.39, 0.29) is 16.6 Å². The number of nitrogens with one attached hydrogen (secondary N) is 1. The van der Waals surface area contributed by atoms with Crippen molar-refractivity contribution in [1.82, 2.24) is 5.32 Å². The summed E-state index contributed by atoms with van der Waals surface area (Å²) in [5, 5.41) is 45.5. The van der Waals surface area contributed by atoms with Crippen molar-refractivity contribution in [3.63, 3.8) is 0 Å². The molecule has 1 aliphatic rings. The van der Waals surface area contributed by atoms with Crippen LogP contribution in [0, 0.1) is 0 Å². The number of hydrogen-bond acceptors (Lipinski definition) is 11. The van der Waals surface area contributed by atoms with E-state index in [4.69, 9.17) is 15.1 Å². The fourth-order valence-corrected chi connectivity index (χ4v) is 2.69. The molecule has 0 aliphatic carbocycles. The van der Waals surface area contributed by atoms with E-state index in [1.54, 1.807) is 7.05 Å². The van der Waals surface area contributed by atoms with Crippen LogP contribution in [0.1, 0.15) is 11.1 Å². The lowest BCUT2D eigenvalue weighted by Gasteiger charge is -2.30. The molecule has 0 spiro atoms. The summed E-state index contributed by atoms with van der Waals surface area (Å²) in [7, 11) is 1.80. The highest BCUT2D eigenvalue weighted by Crippen LogP contribution is 2.42. The number of carbonyl (C=O) groups is 1. The Bertz CT molecular complexity index is 772. The molecule has 0 amide bonds. The molecular formula is C16H24BrF3N3O9+. The van der Waals surface area contributed by atoms with Gasteiger partial charge < -0.3 is 35.2 Å². The third kappa shape index (κ3) is 8.94. The SMILES string of the molecule is CNCCO.NOCOC(=O)C1=Cc2cc(Br)cc(C(O)(O)O)c2OC1C(F)(F)F.[NH3+]O. The molecule has 1 aromatic carbocycles. The minimum Gasteiger partial charge on any atom is -0.475 e. The van der Waals surface area contributed by atoms with E-state index in [0.717, 1.165) is 12.1 Å². The number of hydrogen-bond donors (Lipinski definition) is 8. The van der Waals surface area contributed by atoms with Crippen LogP contribution in [0.5, 0.6) is 5.75 Å². The Balaban J connectivity index is 0.00000121. The van der Waals surface area contributed by atoms with Crippen molar-refractivity contribution < 1.29 is 63.8 Å². The fraction of sp³-hybridized carbons (Fsp3) is 0.438. The lowest BCUT2D eigenvalue weighted by Crippen LogP contribution is -2.42. The van der Waals surface area contributed by atoms with Gasteiger partial charge >= 0.3 is 18.1 Å². The number of nitrogens with two attached hydrogens (primary N) is 1. The summed E-state index contributed by atoms with van der Waals surface area (Å²) in [5.74, 6) is 1.37. The minimum atomic E-state index is -5.04. The van der Waals surface area contributed by atoms with Crippen LogP contribution < -0.4 is 21.8 Å². The molecule has 184 valence electrons. The summed E-state index contributed by atoms with van der Waals surface area (Å²) in [6.45, 7) is 0.140. The number of esters is 1. The van der Waals surface area contributed by atoms with Gasteiger partial charge in [-0.2, -0.15) is 13.2 Å². The normalized spacial score (nSPS) is 15.1. The molecule has 1 aliphatic heterocycles. The topological polar surface area (TPSA) is 212 Å². The first kappa shape index (κ1) is 30.1. The number of ether oxygens (including phenoxy) is 2. The van der Waals surface area contributed by atoms with E-state index in [0.29, 0.717) is 6.54 Å². The molecule has 0 saturated heterocycles. The summed E-state index contributed by atoms with van der Waals surface area (Å²) >= 11 is 2.99. The zero-order valence-corrected chi connectivity index (χ0v) is 18.2. The highest BCUT2D eigenvalue weighted by Gasteiger charge is 2.50. The first-order chi connectivity index (χ1) is 14.9. The van der Waals surface area contributed by atoms with E-state index < -0.39 is 47.9 Å². The third-order valence-electron chi connectivity index (χ3n) is 3.43. The largest absolute Gasteiger partial charge is 0.475 e. The van der Waals surface area contributed by atoms with Crippen LogP contribution in [-0.4, -0.2) is 70.9 Å². The maximum Gasteiger partial charge on any atom is 0.430 e. The second-order valence-corrected chi connectivity index (χ2v) is 6.61. The number of rotatable bonds is 6. The second kappa shape index (κ2) is 13.6. The van der Waals surface area contributed by atoms with Gasteiger partial charge in [0.1, 0.15) is 5.75 Å². The molecule has 1 heterocycles. The molecule has 2 rings (SSSR count). The fourth-order valence-electron chi connectivity index (χ4n) is 2.22. The van der Waals surface area contributed by atoms with Crippen molar-refractivity contribution in [1.29, 1.82) is 0 Å². The maximum absolute atomic E-state index is 13.2. The molecule has 0 radical (unpaired) electrons. The van der Waals surface area contributed by atoms with E-state index in [1.807, 2.05) is 0 Å². The zero-order chi connectivity index (χ0) is 25.1. The van der Waals surface area contributed by atoms with Gasteiger partial charge in [-0.3, -0.25) is 4.84 Å². The van der Waals surface area contributed by atoms with Gasteiger partial charge in [0.15, 0.2) is 0 Å². The average Bonchev–Trinajstić information content (AvgIpc) is 2.71. The molecule has 1 atom stereocenters. The summed E-state index contributed by atoms with van der Waals surface area (Å²) in [6.07, 6.45) is -7.03. The predicted octanol–water partition coefficient (Wildman–Crippen LogP) is -1.55. The monoisotopic (exact) mass is 538 g/mol. The van der Waals surface area contributed by atoms with Gasteiger partial charge in [0.25, 0.3) is 0 Å². The highest BCUT2D eigenvalue weighted by molar-refractivity contribution is 9.10. The average molecular weight is 539 g/mol. The number of fused-ring (bicyclic) bond motifs is 1. The summed E-state index contributed by atoms with van der Waals surface area (Å²) in [6, 6.07) is 2.19. The number of aliphatic hydroxyl groups is 4. The molecule has 0 aromatic heterocycles. The van der Waals surface area contributed by atoms with Gasteiger partial charge in [0.2, 0.25) is 12.9 Å². The van der Waals surface area contributed by atoms with Gasteiger partial charge in [0.05, 0.1) is 17.7 Å². The second-order valence-electron chi connectivity index (χ2n) is 5.69. The number of likely N-dealkylation sites (N-methyl/N-ethyl adjacent to an activating group) is 1. The molecule has 16 heteroatoms. The lowest BCUT2D eigenvalue weighted by atomic mass is 9.98. The van der Waals surface area contributed by atoms with Crippen LogP contribution in [0.25, 0.3) is 6.08 Å². The van der Waals surface area contributed by atoms with Crippen molar-refractivity contribution in [3.8, 4) is 5.75 Å². The molecule has 11 N–H and O–H groups in total. The standard InChI is InChI=1S/C13H11BrF3NO7.C3H9NO.H4NO/c14-6-1-5-2-7(11(19)23-4-24-18)10(12(15,16)17)25-9(5)8(3-6)13(20,21)22;1-4-2-3-5;1-2/h1-3,10,20-22H,4,18H2;4-5H,2-3H2,1H3;2H,1H3/q;;+1. The lowest BCUT2D eigenvalue weighted by molar-refractivity contribution is -0.670. The quantitative estimate of drug-likeness (QED) is 0.118. The molecule has 32 heavy (non-hydrogen) atoms. The summed E-state index contributed by atoms with van der Waals surface area (Å²) in [5.41, 5.74) is -1.80. The summed E-state index contributed by atoms with van der Waals surface area (Å²) in [4.78, 5) is 15.8. The Hall–Kier alpha value is -1.86. The van der Waals surface area contributed by atoms with E-state index in [1.165, 1.54) is 6.07 Å². The number of quaternary nitrogens is 1. The van der Waals surface area contributed by atoms with Crippen LogP contribution >= 0.6 is 15.9 Å². The van der Waals surface area contributed by atoms with Crippen molar-refractivity contribution in [3.05, 3.63) is 33.3 Å². The molecular weight excluding hydrogens is 515 g/mol. The third-order valence-corrected chi connectivity index (χ3v) is 3.88. The Morgan fingerprint density at radius 2 is 1.91 bits per heavy atom. The van der Waals surface area contributed by atoms with Crippen LogP contribution in [0.2, 0.25) is 0 Å². The van der Waals surface area contributed by atoms with Crippen LogP contribution in [-0.2, 0) is 20.3 Å². The van der Waals surface area contributed by atoms with Crippen molar-refractivity contribution in [2.24, 2.45) is 5.90 Å². The number of halogens is 4.